The number of allylic oxidation sites excluding steroid dienone is 3. The number of rotatable bonds is 6. The smallest absolute Gasteiger partial charge is 0.255 e. The first-order chi connectivity index (χ1) is 16.5. The minimum atomic E-state index is -0.142. The summed E-state index contributed by atoms with van der Waals surface area (Å²) in [6, 6.07) is 11.1. The standard InChI is InChI=1S/C27H28N6O/c1-4-33(5-2)22-10-6-18(3)14-20(8-11-22)27(34)30-21-9-13-23-25(15-21)32-26(31-23)24-12-7-19(16-28)17-29-24/h7-15,17-18H,4-6H2,1-3H3,(H,30,34)(H,31,32)/b11-8-,20-14?,22-10-. The lowest BCUT2D eigenvalue weighted by atomic mass is 9.99. The highest BCUT2D eigenvalue weighted by atomic mass is 16.1. The molecule has 0 spiro atoms. The van der Waals surface area contributed by atoms with Crippen molar-refractivity contribution in [3.63, 3.8) is 0 Å². The molecule has 1 aliphatic carbocycles. The number of benzene rings is 1. The minimum Gasteiger partial charge on any atom is -0.372 e. The van der Waals surface area contributed by atoms with Gasteiger partial charge in [-0.05, 0) is 68.7 Å². The molecule has 34 heavy (non-hydrogen) atoms. The van der Waals surface area contributed by atoms with Crippen LogP contribution in [0.3, 0.4) is 0 Å². The Morgan fingerprint density at radius 2 is 2.06 bits per heavy atom. The van der Waals surface area contributed by atoms with Crippen LogP contribution in [0.5, 0.6) is 0 Å². The molecule has 0 radical (unpaired) electrons. The van der Waals surface area contributed by atoms with Gasteiger partial charge in [-0.2, -0.15) is 5.26 Å². The van der Waals surface area contributed by atoms with Crippen LogP contribution in [0.4, 0.5) is 5.69 Å². The number of nitriles is 1. The summed E-state index contributed by atoms with van der Waals surface area (Å²) in [5.41, 5.74) is 5.20. The average Bonchev–Trinajstić information content (AvgIpc) is 3.27. The Balaban J connectivity index is 1.54. The van der Waals surface area contributed by atoms with Gasteiger partial charge in [-0.15, -0.1) is 0 Å². The number of hydrogen-bond donors (Lipinski definition) is 2. The van der Waals surface area contributed by atoms with Gasteiger partial charge in [0.2, 0.25) is 0 Å². The second kappa shape index (κ2) is 10.2. The van der Waals surface area contributed by atoms with Crippen LogP contribution in [0.2, 0.25) is 0 Å². The first kappa shape index (κ1) is 23.0. The van der Waals surface area contributed by atoms with E-state index in [2.05, 4.69) is 58.1 Å². The molecule has 2 N–H and O–H groups in total. The van der Waals surface area contributed by atoms with Gasteiger partial charge in [0, 0.05) is 36.2 Å². The number of imidazole rings is 1. The molecule has 7 nitrogen and oxygen atoms in total. The number of amides is 1. The number of aromatic nitrogens is 3. The number of carbonyl (C=O) groups is 1. The van der Waals surface area contributed by atoms with Gasteiger partial charge in [-0.1, -0.05) is 19.1 Å². The highest BCUT2D eigenvalue weighted by molar-refractivity contribution is 6.06. The third-order valence-electron chi connectivity index (χ3n) is 5.86. The fraction of sp³-hybridized carbons (Fsp3) is 0.259. The van der Waals surface area contributed by atoms with Gasteiger partial charge in [0.1, 0.15) is 11.8 Å². The Bertz CT molecular complexity index is 1320. The van der Waals surface area contributed by atoms with Crippen molar-refractivity contribution in [1.82, 2.24) is 19.9 Å². The number of likely N-dealkylation sites (N-methyl/N-ethyl adjacent to an activating group) is 1. The summed E-state index contributed by atoms with van der Waals surface area (Å²) in [5, 5.41) is 12.0. The summed E-state index contributed by atoms with van der Waals surface area (Å²) in [6.07, 6.45) is 10.6. The van der Waals surface area contributed by atoms with Crippen molar-refractivity contribution in [1.29, 1.82) is 5.26 Å². The molecular weight excluding hydrogens is 424 g/mol. The number of carbonyl (C=O) groups excluding carboxylic acids is 1. The molecule has 0 aliphatic heterocycles. The summed E-state index contributed by atoms with van der Waals surface area (Å²) in [5.74, 6) is 0.726. The number of nitrogens with one attached hydrogen (secondary N) is 2. The Morgan fingerprint density at radius 3 is 2.76 bits per heavy atom. The van der Waals surface area contributed by atoms with Crippen LogP contribution < -0.4 is 5.32 Å². The summed E-state index contributed by atoms with van der Waals surface area (Å²) in [7, 11) is 0. The lowest BCUT2D eigenvalue weighted by Gasteiger charge is -2.24. The maximum Gasteiger partial charge on any atom is 0.255 e. The quantitative estimate of drug-likeness (QED) is 0.537. The molecule has 2 heterocycles. The Labute approximate surface area is 199 Å². The average molecular weight is 453 g/mol. The van der Waals surface area contributed by atoms with Crippen LogP contribution in [-0.4, -0.2) is 38.8 Å². The van der Waals surface area contributed by atoms with E-state index in [4.69, 9.17) is 5.26 Å². The Morgan fingerprint density at radius 1 is 1.24 bits per heavy atom. The summed E-state index contributed by atoms with van der Waals surface area (Å²) in [6.45, 7) is 8.25. The third kappa shape index (κ3) is 5.07. The highest BCUT2D eigenvalue weighted by Gasteiger charge is 2.14. The second-order valence-corrected chi connectivity index (χ2v) is 8.28. The van der Waals surface area contributed by atoms with Crippen molar-refractivity contribution in [3.05, 3.63) is 77.7 Å². The number of anilines is 1. The van der Waals surface area contributed by atoms with Crippen LogP contribution in [-0.2, 0) is 4.79 Å². The Hall–Kier alpha value is -4.18. The van der Waals surface area contributed by atoms with E-state index in [1.807, 2.05) is 36.4 Å². The second-order valence-electron chi connectivity index (χ2n) is 8.28. The van der Waals surface area contributed by atoms with Crippen LogP contribution in [0.1, 0.15) is 32.8 Å². The van der Waals surface area contributed by atoms with E-state index in [-0.39, 0.29) is 11.8 Å². The van der Waals surface area contributed by atoms with Crippen molar-refractivity contribution < 1.29 is 4.79 Å². The van der Waals surface area contributed by atoms with Crippen molar-refractivity contribution in [3.8, 4) is 17.6 Å². The van der Waals surface area contributed by atoms with E-state index < -0.39 is 0 Å². The number of pyridine rings is 1. The summed E-state index contributed by atoms with van der Waals surface area (Å²) < 4.78 is 0. The molecule has 4 rings (SSSR count). The predicted molar refractivity (Wildman–Crippen MR) is 135 cm³/mol. The van der Waals surface area contributed by atoms with E-state index >= 15 is 0 Å². The van der Waals surface area contributed by atoms with Gasteiger partial charge in [-0.3, -0.25) is 9.78 Å². The van der Waals surface area contributed by atoms with Gasteiger partial charge in [0.25, 0.3) is 5.91 Å². The van der Waals surface area contributed by atoms with E-state index in [0.29, 0.717) is 28.3 Å². The monoisotopic (exact) mass is 452 g/mol. The zero-order chi connectivity index (χ0) is 24.1. The first-order valence-corrected chi connectivity index (χ1v) is 11.5. The van der Waals surface area contributed by atoms with Crippen molar-refractivity contribution >= 4 is 22.6 Å². The van der Waals surface area contributed by atoms with E-state index in [1.54, 1.807) is 12.1 Å². The van der Waals surface area contributed by atoms with E-state index in [0.717, 1.165) is 36.2 Å². The van der Waals surface area contributed by atoms with Gasteiger partial charge < -0.3 is 15.2 Å². The number of nitrogens with zero attached hydrogens (tertiary/aromatic N) is 4. The fourth-order valence-corrected chi connectivity index (χ4v) is 3.97. The molecule has 2 aromatic heterocycles. The van der Waals surface area contributed by atoms with Gasteiger partial charge in [0.15, 0.2) is 5.82 Å². The van der Waals surface area contributed by atoms with Crippen molar-refractivity contribution in [2.75, 3.05) is 18.4 Å². The summed E-state index contributed by atoms with van der Waals surface area (Å²) >= 11 is 0. The van der Waals surface area contributed by atoms with Crippen LogP contribution >= 0.6 is 0 Å². The minimum absolute atomic E-state index is 0.142. The zero-order valence-corrected chi connectivity index (χ0v) is 19.7. The molecule has 7 heteroatoms. The number of hydrogen-bond acceptors (Lipinski definition) is 5. The fourth-order valence-electron chi connectivity index (χ4n) is 3.97. The predicted octanol–water partition coefficient (Wildman–Crippen LogP) is 5.18. The lowest BCUT2D eigenvalue weighted by Crippen LogP contribution is -2.22. The molecule has 3 aromatic rings. The first-order valence-electron chi connectivity index (χ1n) is 11.5. The molecule has 0 bridgehead atoms. The topological polar surface area (TPSA) is 97.7 Å². The maximum absolute atomic E-state index is 13.1. The Kier molecular flexibility index (Phi) is 6.88. The maximum atomic E-state index is 13.1. The highest BCUT2D eigenvalue weighted by Crippen LogP contribution is 2.23. The van der Waals surface area contributed by atoms with Crippen molar-refractivity contribution in [2.24, 2.45) is 5.92 Å². The lowest BCUT2D eigenvalue weighted by molar-refractivity contribution is -0.112. The molecule has 1 aliphatic rings. The van der Waals surface area contributed by atoms with E-state index in [9.17, 15) is 4.79 Å². The van der Waals surface area contributed by atoms with Gasteiger partial charge >= 0.3 is 0 Å². The van der Waals surface area contributed by atoms with Crippen LogP contribution in [0, 0.1) is 17.2 Å². The largest absolute Gasteiger partial charge is 0.372 e. The number of H-pyrrole nitrogens is 1. The van der Waals surface area contributed by atoms with Gasteiger partial charge in [-0.25, -0.2) is 4.98 Å². The molecule has 1 unspecified atom stereocenters. The van der Waals surface area contributed by atoms with Gasteiger partial charge in [0.05, 0.1) is 16.6 Å². The number of aromatic amines is 1. The molecule has 172 valence electrons. The molecule has 0 saturated heterocycles. The zero-order valence-electron chi connectivity index (χ0n) is 19.7. The van der Waals surface area contributed by atoms with Crippen LogP contribution in [0.25, 0.3) is 22.6 Å². The molecule has 0 fully saturated rings. The van der Waals surface area contributed by atoms with Crippen molar-refractivity contribution in [2.45, 2.75) is 27.2 Å². The van der Waals surface area contributed by atoms with Crippen LogP contribution in [0.15, 0.2) is 72.1 Å². The summed E-state index contributed by atoms with van der Waals surface area (Å²) in [4.78, 5) is 27.5. The molecule has 1 amide bonds. The molecular formula is C27H28N6O. The normalized spacial score (nSPS) is 18.1. The SMILES string of the molecule is CCN(CC)C1=C\CC(C)C=C(C(=O)Nc2ccc3nc(-c4ccc(C#N)cn4)[nH]c3c2)/C=C\1. The number of fused-ring (bicyclic) bond motifs is 1. The van der Waals surface area contributed by atoms with E-state index in [1.165, 1.54) is 6.20 Å². The molecule has 1 aromatic carbocycles. The molecule has 1 atom stereocenters. The molecule has 0 saturated carbocycles. The third-order valence-corrected chi connectivity index (χ3v) is 5.86.